The molecule has 0 amide bonds. The van der Waals surface area contributed by atoms with Crippen LogP contribution in [0.1, 0.15) is 24.6 Å². The summed E-state index contributed by atoms with van der Waals surface area (Å²) in [7, 11) is 0. The lowest BCUT2D eigenvalue weighted by Crippen LogP contribution is -2.27. The van der Waals surface area contributed by atoms with Crippen LogP contribution in [0.25, 0.3) is 11.6 Å². The van der Waals surface area contributed by atoms with Gasteiger partial charge in [-0.3, -0.25) is 0 Å². The van der Waals surface area contributed by atoms with Gasteiger partial charge in [-0.2, -0.15) is 0 Å². The van der Waals surface area contributed by atoms with Crippen LogP contribution >= 0.6 is 0 Å². The summed E-state index contributed by atoms with van der Waals surface area (Å²) in [5.74, 6) is 2.16. The summed E-state index contributed by atoms with van der Waals surface area (Å²) >= 11 is 0. The highest BCUT2D eigenvalue weighted by molar-refractivity contribution is 5.47. The van der Waals surface area contributed by atoms with E-state index in [-0.39, 0.29) is 0 Å². The minimum atomic E-state index is 0.703. The van der Waals surface area contributed by atoms with Gasteiger partial charge in [0.25, 0.3) is 0 Å². The fraction of sp³-hybridized carbons (Fsp3) is 0.467. The molecule has 1 aliphatic carbocycles. The molecule has 0 aromatic carbocycles. The fourth-order valence-electron chi connectivity index (χ4n) is 2.63. The van der Waals surface area contributed by atoms with E-state index in [1.165, 1.54) is 17.7 Å². The number of rotatable bonds is 4. The molecule has 1 atom stereocenters. The highest BCUT2D eigenvalue weighted by Gasteiger charge is 2.20. The molecule has 0 saturated carbocycles. The van der Waals surface area contributed by atoms with Crippen LogP contribution in [0.5, 0.6) is 0 Å². The third-order valence-corrected chi connectivity index (χ3v) is 3.68. The Hall–Kier alpha value is -1.68. The second kappa shape index (κ2) is 5.53. The lowest BCUT2D eigenvalue weighted by atomic mass is 9.87. The number of hydrogen-bond donors (Lipinski definition) is 1. The van der Waals surface area contributed by atoms with Crippen molar-refractivity contribution in [2.24, 2.45) is 5.92 Å². The third kappa shape index (κ3) is 2.68. The topological polar surface area (TPSA) is 51.0 Å². The van der Waals surface area contributed by atoms with Gasteiger partial charge >= 0.3 is 0 Å². The van der Waals surface area contributed by atoms with Gasteiger partial charge in [0.15, 0.2) is 11.6 Å². The number of furan rings is 1. The molecule has 0 radical (unpaired) electrons. The number of hydrogen-bond acceptors (Lipinski definition) is 4. The first-order valence-electron chi connectivity index (χ1n) is 6.96. The first-order valence-corrected chi connectivity index (χ1v) is 6.96. The molecule has 1 aliphatic rings. The van der Waals surface area contributed by atoms with E-state index >= 15 is 0 Å². The summed E-state index contributed by atoms with van der Waals surface area (Å²) in [6.45, 7) is 4.28. The van der Waals surface area contributed by atoms with E-state index in [1.54, 1.807) is 6.26 Å². The molecule has 0 aliphatic heterocycles. The van der Waals surface area contributed by atoms with Crippen molar-refractivity contribution in [2.45, 2.75) is 26.2 Å². The molecule has 0 spiro atoms. The average molecular weight is 257 g/mol. The standard InChI is InChI=1S/C15H19N3O/c1-2-16-9-11-5-6-13-12(8-11)10-17-15(18-13)14-4-3-7-19-14/h3-4,7,10-11,16H,2,5-6,8-9H2,1H3. The molecule has 2 aromatic rings. The maximum absolute atomic E-state index is 5.35. The van der Waals surface area contributed by atoms with Gasteiger partial charge in [0.2, 0.25) is 0 Å². The molecule has 4 heteroatoms. The summed E-state index contributed by atoms with van der Waals surface area (Å²) in [5, 5.41) is 3.43. The number of fused-ring (bicyclic) bond motifs is 1. The zero-order valence-electron chi connectivity index (χ0n) is 11.2. The molecule has 0 saturated heterocycles. The Labute approximate surface area is 113 Å². The van der Waals surface area contributed by atoms with Crippen LogP contribution in [-0.2, 0) is 12.8 Å². The van der Waals surface area contributed by atoms with Crippen LogP contribution in [0.2, 0.25) is 0 Å². The van der Waals surface area contributed by atoms with Crippen LogP contribution in [0.15, 0.2) is 29.0 Å². The average Bonchev–Trinajstić information content (AvgIpc) is 2.98. The van der Waals surface area contributed by atoms with Crippen LogP contribution in [-0.4, -0.2) is 23.1 Å². The van der Waals surface area contributed by atoms with E-state index in [0.717, 1.165) is 31.7 Å². The quantitative estimate of drug-likeness (QED) is 0.914. The summed E-state index contributed by atoms with van der Waals surface area (Å²) in [5.41, 5.74) is 2.48. The van der Waals surface area contributed by atoms with Gasteiger partial charge in [0.05, 0.1) is 6.26 Å². The molecular weight excluding hydrogens is 238 g/mol. The Kier molecular flexibility index (Phi) is 3.60. The van der Waals surface area contributed by atoms with Gasteiger partial charge in [0, 0.05) is 11.9 Å². The molecule has 2 aromatic heterocycles. The summed E-state index contributed by atoms with van der Waals surface area (Å²) < 4.78 is 5.35. The number of nitrogens with zero attached hydrogens (tertiary/aromatic N) is 2. The molecule has 100 valence electrons. The molecule has 0 bridgehead atoms. The van der Waals surface area contributed by atoms with E-state index in [9.17, 15) is 0 Å². The Balaban J connectivity index is 1.77. The highest BCUT2D eigenvalue weighted by atomic mass is 16.3. The zero-order valence-corrected chi connectivity index (χ0v) is 11.2. The SMILES string of the molecule is CCNCC1CCc2nc(-c3ccco3)ncc2C1. The summed E-state index contributed by atoms with van der Waals surface area (Å²) in [6, 6.07) is 3.77. The largest absolute Gasteiger partial charge is 0.461 e. The molecule has 4 nitrogen and oxygen atoms in total. The minimum absolute atomic E-state index is 0.703. The Bertz CT molecular complexity index is 536. The van der Waals surface area contributed by atoms with Gasteiger partial charge in [-0.05, 0) is 56.0 Å². The smallest absolute Gasteiger partial charge is 0.195 e. The zero-order chi connectivity index (χ0) is 13.1. The van der Waals surface area contributed by atoms with E-state index < -0.39 is 0 Å². The molecule has 1 unspecified atom stereocenters. The predicted octanol–water partition coefficient (Wildman–Crippen LogP) is 2.45. The molecule has 0 fully saturated rings. The van der Waals surface area contributed by atoms with E-state index in [2.05, 4.69) is 22.2 Å². The fourth-order valence-corrected chi connectivity index (χ4v) is 2.63. The van der Waals surface area contributed by atoms with Gasteiger partial charge in [-0.15, -0.1) is 0 Å². The highest BCUT2D eigenvalue weighted by Crippen LogP contribution is 2.25. The Morgan fingerprint density at radius 3 is 3.21 bits per heavy atom. The minimum Gasteiger partial charge on any atom is -0.461 e. The molecule has 19 heavy (non-hydrogen) atoms. The first kappa shape index (κ1) is 12.4. The van der Waals surface area contributed by atoms with Gasteiger partial charge < -0.3 is 9.73 Å². The van der Waals surface area contributed by atoms with Crippen molar-refractivity contribution in [2.75, 3.05) is 13.1 Å². The van der Waals surface area contributed by atoms with Gasteiger partial charge in [-0.25, -0.2) is 9.97 Å². The van der Waals surface area contributed by atoms with Crippen molar-refractivity contribution in [3.63, 3.8) is 0 Å². The van der Waals surface area contributed by atoms with Crippen LogP contribution < -0.4 is 5.32 Å². The van der Waals surface area contributed by atoms with Crippen molar-refractivity contribution in [3.05, 3.63) is 35.9 Å². The summed E-state index contributed by atoms with van der Waals surface area (Å²) in [4.78, 5) is 9.07. The molecular formula is C15H19N3O. The van der Waals surface area contributed by atoms with Crippen LogP contribution in [0, 0.1) is 5.92 Å². The third-order valence-electron chi connectivity index (χ3n) is 3.68. The maximum atomic E-state index is 5.35. The molecule has 2 heterocycles. The first-order chi connectivity index (χ1) is 9.36. The van der Waals surface area contributed by atoms with Crippen molar-refractivity contribution in [1.82, 2.24) is 15.3 Å². The van der Waals surface area contributed by atoms with Crippen molar-refractivity contribution < 1.29 is 4.42 Å². The normalized spacial score (nSPS) is 18.3. The lowest BCUT2D eigenvalue weighted by Gasteiger charge is -2.23. The second-order valence-corrected chi connectivity index (χ2v) is 5.06. The Morgan fingerprint density at radius 2 is 2.42 bits per heavy atom. The van der Waals surface area contributed by atoms with E-state index in [1.807, 2.05) is 18.3 Å². The van der Waals surface area contributed by atoms with Gasteiger partial charge in [0.1, 0.15) is 0 Å². The Morgan fingerprint density at radius 1 is 1.47 bits per heavy atom. The van der Waals surface area contributed by atoms with Gasteiger partial charge in [-0.1, -0.05) is 6.92 Å². The lowest BCUT2D eigenvalue weighted by molar-refractivity contribution is 0.424. The van der Waals surface area contributed by atoms with E-state index in [0.29, 0.717) is 11.7 Å². The molecule has 1 N–H and O–H groups in total. The van der Waals surface area contributed by atoms with Crippen LogP contribution in [0.4, 0.5) is 0 Å². The van der Waals surface area contributed by atoms with E-state index in [4.69, 9.17) is 4.42 Å². The van der Waals surface area contributed by atoms with Crippen LogP contribution in [0.3, 0.4) is 0 Å². The maximum Gasteiger partial charge on any atom is 0.195 e. The molecule has 3 rings (SSSR count). The predicted molar refractivity (Wildman–Crippen MR) is 73.8 cm³/mol. The van der Waals surface area contributed by atoms with Crippen molar-refractivity contribution in [3.8, 4) is 11.6 Å². The monoisotopic (exact) mass is 257 g/mol. The van der Waals surface area contributed by atoms with Crippen molar-refractivity contribution >= 4 is 0 Å². The number of aromatic nitrogens is 2. The second-order valence-electron chi connectivity index (χ2n) is 5.06. The summed E-state index contributed by atoms with van der Waals surface area (Å²) in [6.07, 6.45) is 6.96. The van der Waals surface area contributed by atoms with Crippen molar-refractivity contribution in [1.29, 1.82) is 0 Å². The number of aryl methyl sites for hydroxylation is 1. The number of nitrogens with one attached hydrogen (secondary N) is 1.